The number of esters is 1. The lowest BCUT2D eigenvalue weighted by atomic mass is 9.78. The molecule has 0 aromatic carbocycles. The number of carbonyl (C=O) groups is 1. The summed E-state index contributed by atoms with van der Waals surface area (Å²) in [5.74, 6) is -0.334. The van der Waals surface area contributed by atoms with E-state index in [2.05, 4.69) is 20.4 Å². The van der Waals surface area contributed by atoms with Gasteiger partial charge in [0.25, 0.3) is 0 Å². The SMILES string of the molecule is C=C(CC[C@H](OC(C)=O)[C@@]1(C)CC[C@H](C(C)(C)O)O1)[C@H]1CC[C@H]2O[C@@H]([C@]3(C)CC[C@@H](C(C)(C)O)O3)CC[C@]2(C)O1. The van der Waals surface area contributed by atoms with E-state index in [0.29, 0.717) is 25.7 Å². The third kappa shape index (κ3) is 6.78. The molecule has 0 aromatic heterocycles. The van der Waals surface area contributed by atoms with Crippen molar-refractivity contribution in [2.45, 2.75) is 184 Å². The number of rotatable bonds is 9. The molecule has 9 atom stereocenters. The molecule has 0 aliphatic carbocycles. The van der Waals surface area contributed by atoms with Gasteiger partial charge in [0.1, 0.15) is 11.7 Å². The fourth-order valence-corrected chi connectivity index (χ4v) is 7.28. The molecule has 4 aliphatic heterocycles. The average molecular weight is 567 g/mol. The van der Waals surface area contributed by atoms with E-state index in [-0.39, 0.29) is 36.5 Å². The quantitative estimate of drug-likeness (QED) is 0.292. The Balaban J connectivity index is 1.33. The predicted molar refractivity (Wildman–Crippen MR) is 152 cm³/mol. The van der Waals surface area contributed by atoms with Gasteiger partial charge >= 0.3 is 5.97 Å². The van der Waals surface area contributed by atoms with Gasteiger partial charge in [-0.2, -0.15) is 0 Å². The smallest absolute Gasteiger partial charge is 0.303 e. The topological polar surface area (TPSA) is 104 Å². The number of carbonyl (C=O) groups excluding carboxylic acids is 1. The molecule has 0 aromatic rings. The summed E-state index contributed by atoms with van der Waals surface area (Å²) in [4.78, 5) is 12.0. The van der Waals surface area contributed by atoms with Crippen molar-refractivity contribution in [3.05, 3.63) is 12.2 Å². The molecule has 0 spiro atoms. The maximum Gasteiger partial charge on any atom is 0.303 e. The molecule has 0 bridgehead atoms. The number of hydrogen-bond donors (Lipinski definition) is 2. The largest absolute Gasteiger partial charge is 0.459 e. The molecule has 8 nitrogen and oxygen atoms in total. The van der Waals surface area contributed by atoms with E-state index in [1.165, 1.54) is 6.92 Å². The van der Waals surface area contributed by atoms with E-state index >= 15 is 0 Å². The Hall–Kier alpha value is -1.03. The van der Waals surface area contributed by atoms with Crippen molar-refractivity contribution in [2.75, 3.05) is 0 Å². The van der Waals surface area contributed by atoms with Crippen LogP contribution in [0.1, 0.15) is 120 Å². The van der Waals surface area contributed by atoms with Gasteiger partial charge in [-0.3, -0.25) is 4.79 Å². The van der Waals surface area contributed by atoms with Crippen molar-refractivity contribution < 1.29 is 38.7 Å². The Kier molecular flexibility index (Phi) is 8.96. The molecule has 4 fully saturated rings. The fraction of sp³-hybridized carbons (Fsp3) is 0.906. The summed E-state index contributed by atoms with van der Waals surface area (Å²) < 4.78 is 31.8. The number of aliphatic hydroxyl groups is 2. The molecular weight excluding hydrogens is 512 g/mol. The van der Waals surface area contributed by atoms with Crippen molar-refractivity contribution in [3.63, 3.8) is 0 Å². The van der Waals surface area contributed by atoms with Gasteiger partial charge in [-0.05, 0) is 118 Å². The van der Waals surface area contributed by atoms with Gasteiger partial charge in [-0.1, -0.05) is 6.58 Å². The molecule has 8 heteroatoms. The fourth-order valence-electron chi connectivity index (χ4n) is 7.28. The normalized spacial score (nSPS) is 41.4. The van der Waals surface area contributed by atoms with Crippen LogP contribution in [-0.2, 0) is 28.5 Å². The summed E-state index contributed by atoms with van der Waals surface area (Å²) in [5, 5.41) is 20.9. The lowest BCUT2D eigenvalue weighted by Gasteiger charge is -2.52. The van der Waals surface area contributed by atoms with Gasteiger partial charge in [0.2, 0.25) is 0 Å². The standard InChI is InChI=1S/C32H54O8/c1-20(10-12-25(36-21(2)33)31(8)17-14-23(39-31)28(3,4)34)22-11-13-26-30(7,38-22)19-16-27(37-26)32(9)18-15-24(40-32)29(5,6)35/h22-27,34-35H,1,10-19H2,2-9H3/t22-,23-,24+,25+,26-,27-,30+,31-,32+/m1/s1. The van der Waals surface area contributed by atoms with Crippen LogP contribution in [0.4, 0.5) is 0 Å². The lowest BCUT2D eigenvalue weighted by Crippen LogP contribution is -2.59. The minimum atomic E-state index is -0.955. The highest BCUT2D eigenvalue weighted by Gasteiger charge is 2.54. The van der Waals surface area contributed by atoms with Crippen LogP contribution in [0, 0.1) is 0 Å². The van der Waals surface area contributed by atoms with Gasteiger partial charge in [0.15, 0.2) is 0 Å². The van der Waals surface area contributed by atoms with E-state index in [1.54, 1.807) is 13.8 Å². The zero-order valence-corrected chi connectivity index (χ0v) is 26.1. The van der Waals surface area contributed by atoms with Crippen molar-refractivity contribution >= 4 is 5.97 Å². The van der Waals surface area contributed by atoms with Crippen LogP contribution < -0.4 is 0 Å². The van der Waals surface area contributed by atoms with Crippen LogP contribution in [0.5, 0.6) is 0 Å². The summed E-state index contributed by atoms with van der Waals surface area (Å²) in [5.41, 5.74) is -2.28. The van der Waals surface area contributed by atoms with Crippen molar-refractivity contribution in [2.24, 2.45) is 0 Å². The second kappa shape index (κ2) is 11.2. The van der Waals surface area contributed by atoms with E-state index < -0.39 is 34.1 Å². The average Bonchev–Trinajstić information content (AvgIpc) is 3.45. The summed E-state index contributed by atoms with van der Waals surface area (Å²) in [7, 11) is 0. The lowest BCUT2D eigenvalue weighted by molar-refractivity contribution is -0.266. The highest BCUT2D eigenvalue weighted by Crippen LogP contribution is 2.48. The molecule has 230 valence electrons. The van der Waals surface area contributed by atoms with Gasteiger partial charge in [-0.25, -0.2) is 0 Å². The van der Waals surface area contributed by atoms with E-state index in [0.717, 1.165) is 44.1 Å². The zero-order valence-electron chi connectivity index (χ0n) is 26.1. The van der Waals surface area contributed by atoms with Crippen molar-refractivity contribution in [1.82, 2.24) is 0 Å². The Morgan fingerprint density at radius 2 is 1.43 bits per heavy atom. The maximum absolute atomic E-state index is 12.0. The minimum absolute atomic E-state index is 0.0183. The number of fused-ring (bicyclic) bond motifs is 1. The highest BCUT2D eigenvalue weighted by atomic mass is 16.6. The molecule has 4 saturated heterocycles. The van der Waals surface area contributed by atoms with Crippen molar-refractivity contribution in [1.29, 1.82) is 0 Å². The monoisotopic (exact) mass is 566 g/mol. The van der Waals surface area contributed by atoms with Crippen molar-refractivity contribution in [3.8, 4) is 0 Å². The summed E-state index contributed by atoms with van der Waals surface area (Å²) in [6.07, 6.45) is 6.75. The second-order valence-corrected chi connectivity index (χ2v) is 14.7. The first-order valence-corrected chi connectivity index (χ1v) is 15.3. The van der Waals surface area contributed by atoms with Gasteiger partial charge in [-0.15, -0.1) is 0 Å². The summed E-state index contributed by atoms with van der Waals surface area (Å²) in [6, 6.07) is 0. The predicted octanol–water partition coefficient (Wildman–Crippen LogP) is 5.16. The molecule has 0 unspecified atom stereocenters. The van der Waals surface area contributed by atoms with E-state index in [4.69, 9.17) is 23.7 Å². The Bertz CT molecular complexity index is 936. The van der Waals surface area contributed by atoms with Crippen LogP contribution in [0.25, 0.3) is 0 Å². The molecule has 40 heavy (non-hydrogen) atoms. The third-order valence-corrected chi connectivity index (χ3v) is 10.1. The van der Waals surface area contributed by atoms with Crippen LogP contribution in [0.15, 0.2) is 12.2 Å². The molecule has 0 saturated carbocycles. The van der Waals surface area contributed by atoms with Gasteiger partial charge in [0, 0.05) is 6.92 Å². The van der Waals surface area contributed by atoms with Crippen LogP contribution in [0.3, 0.4) is 0 Å². The Labute approximate surface area is 241 Å². The van der Waals surface area contributed by atoms with E-state index in [1.807, 2.05) is 20.8 Å². The molecular formula is C32H54O8. The molecule has 4 aliphatic rings. The molecule has 4 rings (SSSR count). The van der Waals surface area contributed by atoms with Gasteiger partial charge in [0.05, 0.1) is 52.9 Å². The minimum Gasteiger partial charge on any atom is -0.459 e. The van der Waals surface area contributed by atoms with Crippen LogP contribution >= 0.6 is 0 Å². The first-order valence-electron chi connectivity index (χ1n) is 15.3. The summed E-state index contributed by atoms with van der Waals surface area (Å²) in [6.45, 7) is 19.2. The van der Waals surface area contributed by atoms with Crippen LogP contribution in [0.2, 0.25) is 0 Å². The Morgan fingerprint density at radius 1 is 0.875 bits per heavy atom. The third-order valence-electron chi connectivity index (χ3n) is 10.1. The molecule has 0 radical (unpaired) electrons. The van der Waals surface area contributed by atoms with E-state index in [9.17, 15) is 15.0 Å². The zero-order chi connectivity index (χ0) is 29.7. The second-order valence-electron chi connectivity index (χ2n) is 14.7. The maximum atomic E-state index is 12.0. The highest BCUT2D eigenvalue weighted by molar-refractivity contribution is 5.66. The van der Waals surface area contributed by atoms with Crippen LogP contribution in [-0.4, -0.2) is 80.8 Å². The number of ether oxygens (including phenoxy) is 5. The Morgan fingerprint density at radius 3 is 2.00 bits per heavy atom. The van der Waals surface area contributed by atoms with Gasteiger partial charge < -0.3 is 33.9 Å². The summed E-state index contributed by atoms with van der Waals surface area (Å²) >= 11 is 0. The first kappa shape index (κ1) is 31.9. The molecule has 4 heterocycles. The molecule has 2 N–H and O–H groups in total. The first-order chi connectivity index (χ1) is 18.3. The molecule has 0 amide bonds. The number of hydrogen-bond acceptors (Lipinski definition) is 8.